The molecule has 0 aromatic heterocycles. The van der Waals surface area contributed by atoms with Gasteiger partial charge in [0, 0.05) is 43.6 Å². The molecule has 1 aromatic carbocycles. The summed E-state index contributed by atoms with van der Waals surface area (Å²) in [6.45, 7) is 23.4. The summed E-state index contributed by atoms with van der Waals surface area (Å²) in [7, 11) is 1.80. The average Bonchev–Trinajstić information content (AvgIpc) is 3.58. The van der Waals surface area contributed by atoms with Gasteiger partial charge in [-0.15, -0.1) is 0 Å². The van der Waals surface area contributed by atoms with E-state index in [1.54, 1.807) is 7.05 Å². The van der Waals surface area contributed by atoms with Crippen LogP contribution >= 0.6 is 0 Å². The molecule has 1 aromatic rings. The Morgan fingerprint density at radius 2 is 1.75 bits per heavy atom. The van der Waals surface area contributed by atoms with Crippen LogP contribution in [0.5, 0.6) is 0 Å². The summed E-state index contributed by atoms with van der Waals surface area (Å²) in [6.07, 6.45) is 12.2. The largest absolute Gasteiger partial charge is 0.388 e. The first-order chi connectivity index (χ1) is 24.5. The van der Waals surface area contributed by atoms with Gasteiger partial charge in [0.05, 0.1) is 12.1 Å². The number of nitrogens with zero attached hydrogens (tertiary/aromatic N) is 2. The monoisotopic (exact) mass is 735 g/mol. The van der Waals surface area contributed by atoms with Crippen LogP contribution in [0.3, 0.4) is 0 Å². The minimum absolute atomic E-state index is 0. The van der Waals surface area contributed by atoms with Crippen molar-refractivity contribution in [2.45, 2.75) is 152 Å². The van der Waals surface area contributed by atoms with Crippen molar-refractivity contribution >= 4 is 17.7 Å². The maximum Gasteiger partial charge on any atom is 0.388 e. The number of hydrogen-bond acceptors (Lipinski definition) is 4. The van der Waals surface area contributed by atoms with Crippen molar-refractivity contribution in [3.63, 3.8) is 0 Å². The molecule has 0 amide bonds. The van der Waals surface area contributed by atoms with Gasteiger partial charge in [0.1, 0.15) is 5.84 Å². The first-order valence-corrected chi connectivity index (χ1v) is 19.2. The van der Waals surface area contributed by atoms with E-state index >= 15 is 0 Å². The van der Waals surface area contributed by atoms with E-state index in [-0.39, 0.29) is 19.5 Å². The van der Waals surface area contributed by atoms with Crippen LogP contribution in [-0.2, 0) is 4.74 Å². The van der Waals surface area contributed by atoms with Gasteiger partial charge in [0.15, 0.2) is 6.36 Å². The Kier molecular flexibility index (Phi) is 20.5. The van der Waals surface area contributed by atoms with Crippen LogP contribution in [0.25, 0.3) is 0 Å². The van der Waals surface area contributed by atoms with Gasteiger partial charge >= 0.3 is 6.18 Å². The molecular weight excluding hydrogens is 664 g/mol. The van der Waals surface area contributed by atoms with E-state index < -0.39 is 19.0 Å². The highest BCUT2D eigenvalue weighted by Crippen LogP contribution is 2.58. The third kappa shape index (κ3) is 15.4. The Balaban J connectivity index is 0.00000272. The number of nitrogens with two attached hydrogens (primary N) is 1. The zero-order valence-corrected chi connectivity index (χ0v) is 33.9. The second kappa shape index (κ2) is 22.8. The lowest BCUT2D eigenvalue weighted by Gasteiger charge is -2.46. The third-order valence-corrected chi connectivity index (χ3v) is 10.1. The van der Waals surface area contributed by atoms with E-state index in [4.69, 9.17) is 15.5 Å². The molecule has 0 bridgehead atoms. The summed E-state index contributed by atoms with van der Waals surface area (Å²) in [6, 6.07) is 6.05. The van der Waals surface area contributed by atoms with E-state index in [9.17, 15) is 17.6 Å². The number of anilines is 1. The first-order valence-electron chi connectivity index (χ1n) is 19.2. The molecule has 52 heavy (non-hydrogen) atoms. The average molecular weight is 735 g/mol. The highest BCUT2D eigenvalue weighted by atomic mass is 19.4. The molecule has 1 spiro atoms. The predicted octanol–water partition coefficient (Wildman–Crippen LogP) is 12.9. The minimum atomic E-state index is -3.96. The number of allylic oxidation sites excluding steroid dienone is 6. The second-order valence-corrected chi connectivity index (χ2v) is 14.2. The summed E-state index contributed by atoms with van der Waals surface area (Å²) < 4.78 is 51.2. The summed E-state index contributed by atoms with van der Waals surface area (Å²) in [5.41, 5.74) is 14.3. The zero-order chi connectivity index (χ0) is 39.6. The molecule has 9 heteroatoms. The van der Waals surface area contributed by atoms with Crippen LogP contribution in [0.15, 0.2) is 75.4 Å². The van der Waals surface area contributed by atoms with Crippen molar-refractivity contribution in [1.29, 1.82) is 0 Å². The second-order valence-electron chi connectivity index (χ2n) is 14.2. The predicted molar refractivity (Wildman–Crippen MR) is 217 cm³/mol. The highest BCUT2D eigenvalue weighted by molar-refractivity contribution is 5.98. The molecule has 2 fully saturated rings. The normalized spacial score (nSPS) is 19.2. The lowest BCUT2D eigenvalue weighted by atomic mass is 9.58. The van der Waals surface area contributed by atoms with Crippen molar-refractivity contribution < 1.29 is 23.7 Å². The molecule has 0 aliphatic heterocycles. The summed E-state index contributed by atoms with van der Waals surface area (Å²) >= 11 is 0. The Morgan fingerprint density at radius 3 is 2.25 bits per heavy atom. The van der Waals surface area contributed by atoms with E-state index in [0.29, 0.717) is 17.2 Å². The fourth-order valence-corrected chi connectivity index (χ4v) is 6.89. The number of amidine groups is 1. The Bertz CT molecular complexity index is 1400. The molecule has 0 heterocycles. The number of rotatable bonds is 15. The maximum absolute atomic E-state index is 13.4. The van der Waals surface area contributed by atoms with Crippen LogP contribution in [0, 0.1) is 24.2 Å². The molecular formula is C43H70F4N4O. The van der Waals surface area contributed by atoms with Crippen molar-refractivity contribution in [2.24, 2.45) is 33.0 Å². The number of aryl methyl sites for hydroxylation is 1. The van der Waals surface area contributed by atoms with E-state index in [0.717, 1.165) is 53.4 Å². The molecule has 0 saturated heterocycles. The van der Waals surface area contributed by atoms with Crippen LogP contribution < -0.4 is 11.1 Å². The van der Waals surface area contributed by atoms with Gasteiger partial charge in [-0.3, -0.25) is 9.98 Å². The highest BCUT2D eigenvalue weighted by Gasteiger charge is 2.46. The van der Waals surface area contributed by atoms with E-state index in [1.165, 1.54) is 51.0 Å². The molecule has 296 valence electrons. The smallest absolute Gasteiger partial charge is 0.383 e. The summed E-state index contributed by atoms with van der Waals surface area (Å²) in [5, 5.41) is 3.55. The van der Waals surface area contributed by atoms with Gasteiger partial charge in [0.2, 0.25) is 0 Å². The minimum Gasteiger partial charge on any atom is -0.383 e. The first kappa shape index (κ1) is 46.8. The number of halogens is 4. The number of alkyl halides is 4. The molecule has 3 rings (SSSR count). The Labute approximate surface area is 314 Å². The summed E-state index contributed by atoms with van der Waals surface area (Å²) in [5.74, 6) is 1.29. The molecule has 2 unspecified atom stereocenters. The molecule has 2 aliphatic rings. The van der Waals surface area contributed by atoms with Crippen molar-refractivity contribution in [2.75, 3.05) is 12.4 Å². The molecule has 3 N–H and O–H groups in total. The topological polar surface area (TPSA) is 72.0 Å². The maximum atomic E-state index is 13.4. The fourth-order valence-electron chi connectivity index (χ4n) is 6.89. The lowest BCUT2D eigenvalue weighted by Crippen LogP contribution is -2.35. The molecule has 5 nitrogen and oxygen atoms in total. The van der Waals surface area contributed by atoms with Crippen molar-refractivity contribution in [3.05, 3.63) is 76.5 Å². The molecule has 2 saturated carbocycles. The number of nitrogens with one attached hydrogen (secondary N) is 1. The Morgan fingerprint density at radius 1 is 1.15 bits per heavy atom. The number of benzene rings is 1. The quantitative estimate of drug-likeness (QED) is 0.0815. The zero-order valence-electron chi connectivity index (χ0n) is 33.9. The summed E-state index contributed by atoms with van der Waals surface area (Å²) in [4.78, 5) is 9.18. The number of hydrogen-bond donors (Lipinski definition) is 2. The van der Waals surface area contributed by atoms with E-state index in [1.807, 2.05) is 39.1 Å². The van der Waals surface area contributed by atoms with Crippen LogP contribution in [-0.4, -0.2) is 43.8 Å². The Hall–Kier alpha value is -3.20. The van der Waals surface area contributed by atoms with Gasteiger partial charge in [-0.2, -0.15) is 13.2 Å². The molecule has 2 aliphatic carbocycles. The lowest BCUT2D eigenvalue weighted by molar-refractivity contribution is -0.130. The number of ether oxygens (including phenoxy) is 1. The fraction of sp³-hybridized carbons (Fsp3) is 0.628. The standard InChI is InChI=1S/C38H57FN4O.C3H5F3.C2H6.H2/c1-10-14-31(33-22-38(23-33)17-12-13-18-38)19-27(5)35(24-41-9)29(7)42-36-21-32(16-15-25(36)3)37(40)43-28(6)26(4)20-34(11-2)44-30(8)39;1-2-3(4,5)6;1-2;/h10,14-16,19,21,24,26,28,30,33-34,42H,7,11-13,17-18,20,22-23H2,1-6,8-9H3,(H2,40,43);2H2,1H3;1-2H3;1H/b14-10-,31-19+,35-27-,41-24?;;;/t26-,28?,30?,34+;;;/m1.../s1. The van der Waals surface area contributed by atoms with Crippen LogP contribution in [0.2, 0.25) is 0 Å². The van der Waals surface area contributed by atoms with Gasteiger partial charge in [-0.05, 0) is 113 Å². The van der Waals surface area contributed by atoms with Crippen LogP contribution in [0.1, 0.15) is 133 Å². The van der Waals surface area contributed by atoms with Crippen molar-refractivity contribution in [1.82, 2.24) is 0 Å². The third-order valence-electron chi connectivity index (χ3n) is 10.1. The molecule has 4 atom stereocenters. The van der Waals surface area contributed by atoms with Gasteiger partial charge in [-0.25, -0.2) is 4.39 Å². The van der Waals surface area contributed by atoms with Gasteiger partial charge < -0.3 is 15.8 Å². The van der Waals surface area contributed by atoms with E-state index in [2.05, 4.69) is 75.8 Å². The van der Waals surface area contributed by atoms with Gasteiger partial charge in [0.25, 0.3) is 0 Å². The number of aliphatic imine (C=N–C) groups is 2. The SMILES string of the molecule is C=C(Nc1cc(C(N)=NC(C)[C@H](C)C[C@H](CC)OC(C)F)ccc1C)\C(C=NC)=C(C)/C=C(\C=C/C)C1CC2(CCCC2)C1.CC.CCC(F)(F)F.[HH]. The van der Waals surface area contributed by atoms with Crippen molar-refractivity contribution in [3.8, 4) is 0 Å². The van der Waals surface area contributed by atoms with Gasteiger partial charge in [-0.1, -0.05) is 84.4 Å². The van der Waals surface area contributed by atoms with Crippen LogP contribution in [0.4, 0.5) is 23.2 Å². The molecule has 0 radical (unpaired) electrons.